The molecule has 0 saturated heterocycles. The fraction of sp³-hybridized carbons (Fsp3) is 0. The summed E-state index contributed by atoms with van der Waals surface area (Å²) in [7, 11) is 0. The molecule has 0 bridgehead atoms. The van der Waals surface area contributed by atoms with Crippen LogP contribution in [0, 0.1) is 23.3 Å². The zero-order chi connectivity index (χ0) is 16.6. The lowest BCUT2D eigenvalue weighted by atomic mass is 10.0. The third-order valence-corrected chi connectivity index (χ3v) is 3.41. The second-order valence-corrected chi connectivity index (χ2v) is 4.86. The van der Waals surface area contributed by atoms with Gasteiger partial charge in [0.1, 0.15) is 0 Å². The van der Waals surface area contributed by atoms with E-state index in [-0.39, 0.29) is 28.1 Å². The number of nitrogens with zero attached hydrogens (tertiary/aromatic N) is 1. The van der Waals surface area contributed by atoms with Crippen LogP contribution in [-0.2, 0) is 0 Å². The van der Waals surface area contributed by atoms with E-state index in [9.17, 15) is 17.6 Å². The van der Waals surface area contributed by atoms with Crippen molar-refractivity contribution in [1.29, 1.82) is 0 Å². The van der Waals surface area contributed by atoms with Gasteiger partial charge in [-0.25, -0.2) is 17.6 Å². The van der Waals surface area contributed by atoms with E-state index in [1.807, 2.05) is 0 Å². The standard InChI is InChI=1S/C17H10F4N2/c18-12-5-1-3-9(16(12)20)11-8-23-15(7-14(11)22)10-4-2-6-13(19)17(10)21/h1-8H,(H2,22,23). The first-order chi connectivity index (χ1) is 11.0. The maximum absolute atomic E-state index is 13.8. The van der Waals surface area contributed by atoms with Crippen molar-refractivity contribution in [1.82, 2.24) is 4.98 Å². The Morgan fingerprint density at radius 1 is 0.739 bits per heavy atom. The van der Waals surface area contributed by atoms with Crippen LogP contribution >= 0.6 is 0 Å². The monoisotopic (exact) mass is 318 g/mol. The molecule has 6 heteroatoms. The molecule has 3 rings (SSSR count). The average Bonchev–Trinajstić information content (AvgIpc) is 2.53. The number of pyridine rings is 1. The van der Waals surface area contributed by atoms with Crippen molar-refractivity contribution in [2.45, 2.75) is 0 Å². The molecule has 0 unspecified atom stereocenters. The Balaban J connectivity index is 2.12. The summed E-state index contributed by atoms with van der Waals surface area (Å²) in [6, 6.07) is 8.64. The molecule has 1 aromatic heterocycles. The number of aromatic nitrogens is 1. The smallest absolute Gasteiger partial charge is 0.168 e. The van der Waals surface area contributed by atoms with Crippen molar-refractivity contribution in [2.24, 2.45) is 0 Å². The van der Waals surface area contributed by atoms with Crippen LogP contribution in [0.15, 0.2) is 48.7 Å². The van der Waals surface area contributed by atoms with Gasteiger partial charge in [-0.2, -0.15) is 0 Å². The van der Waals surface area contributed by atoms with Crippen LogP contribution in [-0.4, -0.2) is 4.98 Å². The number of halogens is 4. The van der Waals surface area contributed by atoms with Gasteiger partial charge in [0.05, 0.1) is 5.69 Å². The van der Waals surface area contributed by atoms with Crippen LogP contribution in [0.2, 0.25) is 0 Å². The molecular weight excluding hydrogens is 308 g/mol. The molecule has 0 aliphatic heterocycles. The molecule has 0 aliphatic rings. The van der Waals surface area contributed by atoms with Crippen LogP contribution in [0.1, 0.15) is 0 Å². The molecule has 0 radical (unpaired) electrons. The summed E-state index contributed by atoms with van der Waals surface area (Å²) in [5.74, 6) is -4.12. The highest BCUT2D eigenvalue weighted by atomic mass is 19.2. The molecule has 2 N–H and O–H groups in total. The van der Waals surface area contributed by atoms with Gasteiger partial charge in [-0.3, -0.25) is 4.98 Å². The molecule has 0 amide bonds. The topological polar surface area (TPSA) is 38.9 Å². The lowest BCUT2D eigenvalue weighted by molar-refractivity contribution is 0.511. The van der Waals surface area contributed by atoms with Crippen molar-refractivity contribution < 1.29 is 17.6 Å². The molecule has 3 aromatic rings. The molecule has 0 spiro atoms. The number of hydrogen-bond donors (Lipinski definition) is 1. The number of benzene rings is 2. The van der Waals surface area contributed by atoms with E-state index in [1.165, 1.54) is 36.5 Å². The van der Waals surface area contributed by atoms with Gasteiger partial charge >= 0.3 is 0 Å². The van der Waals surface area contributed by atoms with E-state index in [1.54, 1.807) is 0 Å². The minimum atomic E-state index is -1.05. The lowest BCUT2D eigenvalue weighted by Crippen LogP contribution is -1.98. The van der Waals surface area contributed by atoms with E-state index < -0.39 is 23.3 Å². The highest BCUT2D eigenvalue weighted by Crippen LogP contribution is 2.32. The summed E-state index contributed by atoms with van der Waals surface area (Å²) in [5.41, 5.74) is 6.07. The summed E-state index contributed by atoms with van der Waals surface area (Å²) in [6.07, 6.45) is 1.20. The highest BCUT2D eigenvalue weighted by molar-refractivity contribution is 5.79. The fourth-order valence-electron chi connectivity index (χ4n) is 2.26. The normalized spacial score (nSPS) is 10.8. The summed E-state index contributed by atoms with van der Waals surface area (Å²) in [4.78, 5) is 3.98. The maximum Gasteiger partial charge on any atom is 0.168 e. The first-order valence-corrected chi connectivity index (χ1v) is 6.63. The molecule has 2 nitrogen and oxygen atoms in total. The molecule has 0 atom stereocenters. The predicted octanol–water partition coefficient (Wildman–Crippen LogP) is 4.55. The van der Waals surface area contributed by atoms with Crippen LogP contribution in [0.3, 0.4) is 0 Å². The Hall–Kier alpha value is -2.89. The van der Waals surface area contributed by atoms with E-state index >= 15 is 0 Å². The fourth-order valence-corrected chi connectivity index (χ4v) is 2.26. The number of nitrogen functional groups attached to an aromatic ring is 1. The van der Waals surface area contributed by atoms with Gasteiger partial charge in [-0.15, -0.1) is 0 Å². The Morgan fingerprint density at radius 3 is 1.91 bits per heavy atom. The van der Waals surface area contributed by atoms with E-state index in [0.717, 1.165) is 12.1 Å². The third-order valence-electron chi connectivity index (χ3n) is 3.41. The largest absolute Gasteiger partial charge is 0.398 e. The molecule has 2 aromatic carbocycles. The number of nitrogens with two attached hydrogens (primary N) is 1. The summed E-state index contributed by atoms with van der Waals surface area (Å²) < 4.78 is 54.2. The second-order valence-electron chi connectivity index (χ2n) is 4.86. The SMILES string of the molecule is Nc1cc(-c2cccc(F)c2F)ncc1-c1cccc(F)c1F. The Morgan fingerprint density at radius 2 is 1.30 bits per heavy atom. The van der Waals surface area contributed by atoms with Crippen molar-refractivity contribution in [3.8, 4) is 22.4 Å². The molecule has 0 aliphatic carbocycles. The Labute approximate surface area is 129 Å². The van der Waals surface area contributed by atoms with Gasteiger partial charge in [0, 0.05) is 28.6 Å². The molecule has 0 fully saturated rings. The predicted molar refractivity (Wildman–Crippen MR) is 79.4 cm³/mol. The van der Waals surface area contributed by atoms with Gasteiger partial charge < -0.3 is 5.73 Å². The average molecular weight is 318 g/mol. The Kier molecular flexibility index (Phi) is 3.73. The zero-order valence-electron chi connectivity index (χ0n) is 11.7. The van der Waals surface area contributed by atoms with Gasteiger partial charge in [0.25, 0.3) is 0 Å². The summed E-state index contributed by atoms with van der Waals surface area (Å²) >= 11 is 0. The quantitative estimate of drug-likeness (QED) is 0.704. The number of rotatable bonds is 2. The van der Waals surface area contributed by atoms with Crippen molar-refractivity contribution in [2.75, 3.05) is 5.73 Å². The van der Waals surface area contributed by atoms with Gasteiger partial charge in [0.2, 0.25) is 0 Å². The molecule has 1 heterocycles. The van der Waals surface area contributed by atoms with Crippen molar-refractivity contribution in [3.05, 3.63) is 71.9 Å². The van der Waals surface area contributed by atoms with Crippen LogP contribution in [0.25, 0.3) is 22.4 Å². The number of anilines is 1. The molecule has 0 saturated carbocycles. The van der Waals surface area contributed by atoms with Crippen LogP contribution in [0.5, 0.6) is 0 Å². The van der Waals surface area contributed by atoms with E-state index in [0.29, 0.717) is 0 Å². The highest BCUT2D eigenvalue weighted by Gasteiger charge is 2.15. The van der Waals surface area contributed by atoms with E-state index in [4.69, 9.17) is 5.73 Å². The molecule has 116 valence electrons. The second kappa shape index (κ2) is 5.72. The maximum atomic E-state index is 13.8. The van der Waals surface area contributed by atoms with Gasteiger partial charge in [0.15, 0.2) is 23.3 Å². The minimum Gasteiger partial charge on any atom is -0.398 e. The van der Waals surface area contributed by atoms with Crippen LogP contribution in [0.4, 0.5) is 23.2 Å². The van der Waals surface area contributed by atoms with Crippen molar-refractivity contribution >= 4 is 5.69 Å². The zero-order valence-corrected chi connectivity index (χ0v) is 11.7. The Bertz CT molecular complexity index is 894. The minimum absolute atomic E-state index is 0.0544. The first-order valence-electron chi connectivity index (χ1n) is 6.63. The van der Waals surface area contributed by atoms with Crippen LogP contribution < -0.4 is 5.73 Å². The summed E-state index contributed by atoms with van der Waals surface area (Å²) in [5, 5.41) is 0. The summed E-state index contributed by atoms with van der Waals surface area (Å²) in [6.45, 7) is 0. The first kappa shape index (κ1) is 15.0. The third kappa shape index (κ3) is 2.63. The molecule has 23 heavy (non-hydrogen) atoms. The van der Waals surface area contributed by atoms with Crippen molar-refractivity contribution in [3.63, 3.8) is 0 Å². The van der Waals surface area contributed by atoms with Gasteiger partial charge in [-0.1, -0.05) is 18.2 Å². The lowest BCUT2D eigenvalue weighted by Gasteiger charge is -2.10. The van der Waals surface area contributed by atoms with E-state index in [2.05, 4.69) is 4.98 Å². The molecular formula is C17H10F4N2. The number of hydrogen-bond acceptors (Lipinski definition) is 2. The van der Waals surface area contributed by atoms with Gasteiger partial charge in [-0.05, 0) is 24.3 Å².